The molecule has 106 valence electrons. The standard InChI is InChI=1S/C16H14FN3O/c17-13-7-3-8-14(11-13)19-16(21)20-15-9-2-1-5-12(15)6-4-10-18/h1-3,5,7-9,11H,10,18H2,(H2,19,20,21). The molecule has 0 aliphatic rings. The van der Waals surface area contributed by atoms with Gasteiger partial charge in [-0.2, -0.15) is 0 Å². The van der Waals surface area contributed by atoms with E-state index < -0.39 is 11.8 Å². The van der Waals surface area contributed by atoms with Crippen molar-refractivity contribution in [3.63, 3.8) is 0 Å². The quantitative estimate of drug-likeness (QED) is 0.742. The van der Waals surface area contributed by atoms with Crippen LogP contribution in [0.3, 0.4) is 0 Å². The van der Waals surface area contributed by atoms with Crippen LogP contribution in [0.5, 0.6) is 0 Å². The molecule has 4 nitrogen and oxygen atoms in total. The summed E-state index contributed by atoms with van der Waals surface area (Å²) in [7, 11) is 0. The molecule has 2 rings (SSSR count). The number of halogens is 1. The van der Waals surface area contributed by atoms with Crippen LogP contribution in [0.2, 0.25) is 0 Å². The van der Waals surface area contributed by atoms with Gasteiger partial charge in [0.05, 0.1) is 12.2 Å². The first-order chi connectivity index (χ1) is 10.2. The molecule has 21 heavy (non-hydrogen) atoms. The summed E-state index contributed by atoms with van der Waals surface area (Å²) in [5.74, 6) is 5.19. The number of benzene rings is 2. The number of nitrogens with two attached hydrogens (primary N) is 1. The molecule has 2 aromatic rings. The summed E-state index contributed by atoms with van der Waals surface area (Å²) in [5.41, 5.74) is 6.93. The first kappa shape index (κ1) is 14.6. The van der Waals surface area contributed by atoms with Crippen LogP contribution < -0.4 is 16.4 Å². The minimum atomic E-state index is -0.470. The van der Waals surface area contributed by atoms with Crippen molar-refractivity contribution < 1.29 is 9.18 Å². The van der Waals surface area contributed by atoms with E-state index in [1.807, 2.05) is 6.07 Å². The Balaban J connectivity index is 2.09. The van der Waals surface area contributed by atoms with Gasteiger partial charge in [-0.05, 0) is 30.3 Å². The zero-order valence-corrected chi connectivity index (χ0v) is 11.2. The Bertz CT molecular complexity index is 704. The van der Waals surface area contributed by atoms with E-state index in [9.17, 15) is 9.18 Å². The fourth-order valence-corrected chi connectivity index (χ4v) is 1.70. The minimum absolute atomic E-state index is 0.240. The monoisotopic (exact) mass is 283 g/mol. The van der Waals surface area contributed by atoms with Crippen LogP contribution in [0.15, 0.2) is 48.5 Å². The van der Waals surface area contributed by atoms with Crippen molar-refractivity contribution in [3.05, 3.63) is 59.9 Å². The maximum atomic E-state index is 13.0. The number of hydrogen-bond donors (Lipinski definition) is 3. The lowest BCUT2D eigenvalue weighted by Gasteiger charge is -2.09. The number of urea groups is 1. The van der Waals surface area contributed by atoms with Crippen LogP contribution >= 0.6 is 0 Å². The van der Waals surface area contributed by atoms with Gasteiger partial charge in [-0.1, -0.05) is 30.0 Å². The number of para-hydroxylation sites is 1. The van der Waals surface area contributed by atoms with Crippen LogP contribution in [0.1, 0.15) is 5.56 Å². The molecule has 0 atom stereocenters. The molecule has 0 aromatic heterocycles. The maximum absolute atomic E-state index is 13.0. The number of carbonyl (C=O) groups excluding carboxylic acids is 1. The van der Waals surface area contributed by atoms with Crippen molar-refractivity contribution in [3.8, 4) is 11.8 Å². The van der Waals surface area contributed by atoms with E-state index in [1.165, 1.54) is 18.2 Å². The summed E-state index contributed by atoms with van der Waals surface area (Å²) in [4.78, 5) is 11.9. The summed E-state index contributed by atoms with van der Waals surface area (Å²) in [5, 5.41) is 5.22. The van der Waals surface area contributed by atoms with E-state index >= 15 is 0 Å². The van der Waals surface area contributed by atoms with Gasteiger partial charge in [0, 0.05) is 11.3 Å². The summed E-state index contributed by atoms with van der Waals surface area (Å²) in [6.45, 7) is 0.240. The van der Waals surface area contributed by atoms with Gasteiger partial charge in [-0.3, -0.25) is 0 Å². The maximum Gasteiger partial charge on any atom is 0.323 e. The third kappa shape index (κ3) is 4.34. The molecule has 5 heteroatoms. The number of nitrogens with one attached hydrogen (secondary N) is 2. The molecule has 0 saturated carbocycles. The van der Waals surface area contributed by atoms with Crippen LogP contribution in [-0.4, -0.2) is 12.6 Å². The molecule has 2 amide bonds. The summed E-state index contributed by atoms with van der Waals surface area (Å²) >= 11 is 0. The predicted molar refractivity (Wildman–Crippen MR) is 81.4 cm³/mol. The Morgan fingerprint density at radius 1 is 1.14 bits per heavy atom. The molecule has 0 bridgehead atoms. The van der Waals surface area contributed by atoms with Crippen LogP contribution in [0, 0.1) is 17.7 Å². The van der Waals surface area contributed by atoms with Crippen molar-refractivity contribution in [2.24, 2.45) is 5.73 Å². The average molecular weight is 283 g/mol. The molecule has 0 aliphatic carbocycles. The molecule has 0 fully saturated rings. The first-order valence-corrected chi connectivity index (χ1v) is 6.30. The van der Waals surface area contributed by atoms with Crippen molar-refractivity contribution in [1.82, 2.24) is 0 Å². The molecule has 0 aliphatic heterocycles. The molecule has 2 aromatic carbocycles. The van der Waals surface area contributed by atoms with Gasteiger partial charge in [-0.25, -0.2) is 9.18 Å². The largest absolute Gasteiger partial charge is 0.323 e. The summed E-state index contributed by atoms with van der Waals surface area (Å²) < 4.78 is 13.0. The molecular formula is C16H14FN3O. The predicted octanol–water partition coefficient (Wildman–Crippen LogP) is 2.78. The van der Waals surface area contributed by atoms with E-state index in [4.69, 9.17) is 5.73 Å². The smallest absolute Gasteiger partial charge is 0.320 e. The Kier molecular flexibility index (Phi) is 4.91. The SMILES string of the molecule is NCC#Cc1ccccc1NC(=O)Nc1cccc(F)c1. The molecule has 0 radical (unpaired) electrons. The number of amides is 2. The van der Waals surface area contributed by atoms with Gasteiger partial charge in [0.15, 0.2) is 0 Å². The zero-order valence-electron chi connectivity index (χ0n) is 11.2. The van der Waals surface area contributed by atoms with Crippen LogP contribution in [0.4, 0.5) is 20.6 Å². The van der Waals surface area contributed by atoms with Crippen molar-refractivity contribution in [1.29, 1.82) is 0 Å². The van der Waals surface area contributed by atoms with Crippen molar-refractivity contribution >= 4 is 17.4 Å². The second kappa shape index (κ2) is 7.08. The first-order valence-electron chi connectivity index (χ1n) is 6.30. The molecule has 0 saturated heterocycles. The lowest BCUT2D eigenvalue weighted by Crippen LogP contribution is -2.20. The van der Waals surface area contributed by atoms with Gasteiger partial charge >= 0.3 is 6.03 Å². The number of carbonyl (C=O) groups is 1. The van der Waals surface area contributed by atoms with Crippen molar-refractivity contribution in [2.75, 3.05) is 17.2 Å². The zero-order chi connectivity index (χ0) is 15.1. The molecule has 0 unspecified atom stereocenters. The normalized spacial score (nSPS) is 9.43. The summed E-state index contributed by atoms with van der Waals surface area (Å²) in [6.07, 6.45) is 0. The second-order valence-electron chi connectivity index (χ2n) is 4.14. The highest BCUT2D eigenvalue weighted by Gasteiger charge is 2.05. The highest BCUT2D eigenvalue weighted by Crippen LogP contribution is 2.15. The van der Waals surface area contributed by atoms with E-state index in [1.54, 1.807) is 24.3 Å². The third-order valence-electron chi connectivity index (χ3n) is 2.58. The van der Waals surface area contributed by atoms with E-state index in [0.717, 1.165) is 0 Å². The number of anilines is 2. The number of rotatable bonds is 2. The highest BCUT2D eigenvalue weighted by atomic mass is 19.1. The molecule has 0 heterocycles. The van der Waals surface area contributed by atoms with Crippen molar-refractivity contribution in [2.45, 2.75) is 0 Å². The second-order valence-corrected chi connectivity index (χ2v) is 4.14. The lowest BCUT2D eigenvalue weighted by atomic mass is 10.2. The van der Waals surface area contributed by atoms with E-state index in [2.05, 4.69) is 22.5 Å². The average Bonchev–Trinajstić information content (AvgIpc) is 2.46. The van der Waals surface area contributed by atoms with Crippen LogP contribution in [-0.2, 0) is 0 Å². The van der Waals surface area contributed by atoms with Gasteiger partial charge in [0.25, 0.3) is 0 Å². The Hall–Kier alpha value is -2.84. The lowest BCUT2D eigenvalue weighted by molar-refractivity contribution is 0.262. The Morgan fingerprint density at radius 3 is 2.71 bits per heavy atom. The van der Waals surface area contributed by atoms with Gasteiger partial charge in [0.2, 0.25) is 0 Å². The third-order valence-corrected chi connectivity index (χ3v) is 2.58. The van der Waals surface area contributed by atoms with Gasteiger partial charge in [-0.15, -0.1) is 0 Å². The number of hydrogen-bond acceptors (Lipinski definition) is 2. The van der Waals surface area contributed by atoms with Gasteiger partial charge in [0.1, 0.15) is 5.82 Å². The van der Waals surface area contributed by atoms with Gasteiger partial charge < -0.3 is 16.4 Å². The Morgan fingerprint density at radius 2 is 1.95 bits per heavy atom. The fourth-order valence-electron chi connectivity index (χ4n) is 1.70. The van der Waals surface area contributed by atoms with Crippen LogP contribution in [0.25, 0.3) is 0 Å². The fraction of sp³-hybridized carbons (Fsp3) is 0.0625. The molecular weight excluding hydrogens is 269 g/mol. The molecule has 4 N–H and O–H groups in total. The van der Waals surface area contributed by atoms with E-state index in [0.29, 0.717) is 16.9 Å². The topological polar surface area (TPSA) is 67.1 Å². The van der Waals surface area contributed by atoms with E-state index in [-0.39, 0.29) is 6.54 Å². The highest BCUT2D eigenvalue weighted by molar-refractivity contribution is 6.00. The summed E-state index contributed by atoms with van der Waals surface area (Å²) in [6, 6.07) is 12.3. The molecule has 0 spiro atoms. The minimum Gasteiger partial charge on any atom is -0.320 e. The Labute approximate surface area is 122 Å².